The van der Waals surface area contributed by atoms with Crippen LogP contribution in [-0.2, 0) is 4.74 Å². The Bertz CT molecular complexity index is 915. The summed E-state index contributed by atoms with van der Waals surface area (Å²) in [6.45, 7) is 1.72. The third-order valence-corrected chi connectivity index (χ3v) is 6.25. The van der Waals surface area contributed by atoms with Gasteiger partial charge in [0.1, 0.15) is 30.5 Å². The van der Waals surface area contributed by atoms with E-state index in [4.69, 9.17) is 10.5 Å². The fourth-order valence-electron chi connectivity index (χ4n) is 3.48. The first-order valence-corrected chi connectivity index (χ1v) is 9.83. The highest BCUT2D eigenvalue weighted by molar-refractivity contribution is 7.10. The van der Waals surface area contributed by atoms with Crippen LogP contribution >= 0.6 is 22.7 Å². The van der Waals surface area contributed by atoms with Gasteiger partial charge in [0.05, 0.1) is 18.5 Å². The molecule has 0 amide bonds. The molecule has 0 aromatic carbocycles. The van der Waals surface area contributed by atoms with E-state index in [9.17, 15) is 5.26 Å². The van der Waals surface area contributed by atoms with E-state index in [0.717, 1.165) is 34.9 Å². The zero-order valence-electron chi connectivity index (χ0n) is 13.8. The Morgan fingerprint density at radius 1 is 1.28 bits per heavy atom. The van der Waals surface area contributed by atoms with Crippen molar-refractivity contribution in [3.05, 3.63) is 73.1 Å². The van der Waals surface area contributed by atoms with Crippen molar-refractivity contribution < 1.29 is 9.64 Å². The standard InChI is InChI=1S/C19H17N3OS2/c1-22-10-12(8-13-4-2-6-24-13)18-15(11-22)17(16-5-3-7-25-16)14(9-20)19(21)23-18/h2-8,17H,10-11,21H2,1H3/p+1/b12-8-/t17-/m1/s1. The third kappa shape index (κ3) is 2.91. The van der Waals surface area contributed by atoms with Crippen molar-refractivity contribution in [2.24, 2.45) is 5.73 Å². The van der Waals surface area contributed by atoms with Gasteiger partial charge < -0.3 is 15.4 Å². The van der Waals surface area contributed by atoms with Crippen LogP contribution in [0.25, 0.3) is 6.08 Å². The van der Waals surface area contributed by atoms with Gasteiger partial charge in [-0.2, -0.15) is 5.26 Å². The largest absolute Gasteiger partial charge is 0.440 e. The molecule has 2 aromatic rings. The average molecular weight is 369 g/mol. The molecule has 25 heavy (non-hydrogen) atoms. The lowest BCUT2D eigenvalue weighted by molar-refractivity contribution is -0.871. The summed E-state index contributed by atoms with van der Waals surface area (Å²) in [5.74, 6) is 0.987. The van der Waals surface area contributed by atoms with E-state index in [0.29, 0.717) is 5.57 Å². The topological polar surface area (TPSA) is 63.5 Å². The molecule has 3 N–H and O–H groups in total. The number of likely N-dealkylation sites (N-methyl/N-ethyl adjacent to an activating group) is 1. The molecule has 0 saturated heterocycles. The molecular formula is C19H18N3OS2+. The summed E-state index contributed by atoms with van der Waals surface area (Å²) in [7, 11) is 2.17. The van der Waals surface area contributed by atoms with Gasteiger partial charge in [-0.1, -0.05) is 12.1 Å². The normalized spacial score (nSPS) is 24.9. The lowest BCUT2D eigenvalue weighted by atomic mass is 9.84. The molecule has 1 unspecified atom stereocenters. The molecule has 4 nitrogen and oxygen atoms in total. The predicted molar refractivity (Wildman–Crippen MR) is 101 cm³/mol. The van der Waals surface area contributed by atoms with E-state index in [1.807, 2.05) is 17.5 Å². The summed E-state index contributed by atoms with van der Waals surface area (Å²) in [4.78, 5) is 3.71. The van der Waals surface area contributed by atoms with Gasteiger partial charge in [-0.3, -0.25) is 0 Å². The minimum atomic E-state index is -0.101. The number of nitrogens with two attached hydrogens (primary N) is 1. The maximum absolute atomic E-state index is 9.65. The molecule has 4 rings (SSSR count). The number of nitriles is 1. The van der Waals surface area contributed by atoms with Gasteiger partial charge in [-0.05, 0) is 29.0 Å². The van der Waals surface area contributed by atoms with Crippen molar-refractivity contribution in [2.45, 2.75) is 5.92 Å². The second-order valence-electron chi connectivity index (χ2n) is 6.29. The number of nitrogens with one attached hydrogen (secondary N) is 1. The summed E-state index contributed by atoms with van der Waals surface area (Å²) in [5, 5.41) is 13.8. The predicted octanol–water partition coefficient (Wildman–Crippen LogP) is 2.48. The molecule has 2 aromatic heterocycles. The third-order valence-electron chi connectivity index (χ3n) is 4.49. The first kappa shape index (κ1) is 16.2. The Morgan fingerprint density at radius 2 is 2.08 bits per heavy atom. The number of nitrogens with zero attached hydrogens (tertiary/aromatic N) is 1. The van der Waals surface area contributed by atoms with Crippen molar-refractivity contribution in [1.29, 1.82) is 5.26 Å². The summed E-state index contributed by atoms with van der Waals surface area (Å²) >= 11 is 3.36. The van der Waals surface area contributed by atoms with Crippen LogP contribution in [-0.4, -0.2) is 20.1 Å². The summed E-state index contributed by atoms with van der Waals surface area (Å²) in [5.41, 5.74) is 8.95. The second-order valence-corrected chi connectivity index (χ2v) is 8.25. The van der Waals surface area contributed by atoms with E-state index in [1.54, 1.807) is 22.7 Å². The number of allylic oxidation sites excluding steroid dienone is 1. The zero-order chi connectivity index (χ0) is 17.4. The van der Waals surface area contributed by atoms with Crippen LogP contribution in [0.15, 0.2) is 63.4 Å². The quantitative estimate of drug-likeness (QED) is 0.856. The SMILES string of the molecule is C[NH+]1CC2=C(OC(N)=C(C#N)[C@H]2c2cccs2)/C(=C\c2cccs2)C1. The molecule has 126 valence electrons. The minimum absolute atomic E-state index is 0.101. The molecular weight excluding hydrogens is 350 g/mol. The summed E-state index contributed by atoms with van der Waals surface area (Å²) in [6, 6.07) is 10.5. The van der Waals surface area contributed by atoms with Crippen LogP contribution < -0.4 is 10.6 Å². The molecule has 0 saturated carbocycles. The Labute approximate surface area is 154 Å². The van der Waals surface area contributed by atoms with Crippen LogP contribution in [0.5, 0.6) is 0 Å². The number of rotatable bonds is 2. The highest BCUT2D eigenvalue weighted by Gasteiger charge is 2.39. The maximum atomic E-state index is 9.65. The number of ether oxygens (including phenoxy) is 1. The number of hydrogen-bond donors (Lipinski definition) is 2. The number of quaternary nitrogens is 1. The van der Waals surface area contributed by atoms with Crippen molar-refractivity contribution in [2.75, 3.05) is 20.1 Å². The van der Waals surface area contributed by atoms with Crippen LogP contribution in [0.1, 0.15) is 15.7 Å². The van der Waals surface area contributed by atoms with Gasteiger partial charge in [-0.15, -0.1) is 22.7 Å². The van der Waals surface area contributed by atoms with Gasteiger partial charge in [0.15, 0.2) is 0 Å². The average Bonchev–Trinajstić information content (AvgIpc) is 3.28. The highest BCUT2D eigenvalue weighted by atomic mass is 32.1. The van der Waals surface area contributed by atoms with Crippen LogP contribution in [0.2, 0.25) is 0 Å². The van der Waals surface area contributed by atoms with Crippen LogP contribution in [0.3, 0.4) is 0 Å². The Hall–Kier alpha value is -2.33. The van der Waals surface area contributed by atoms with Crippen molar-refractivity contribution >= 4 is 28.7 Å². The smallest absolute Gasteiger partial charge is 0.205 e. The molecule has 0 bridgehead atoms. The first-order valence-electron chi connectivity index (χ1n) is 8.07. The number of hydrogen-bond acceptors (Lipinski definition) is 5. The zero-order valence-corrected chi connectivity index (χ0v) is 15.4. The monoisotopic (exact) mass is 368 g/mol. The van der Waals surface area contributed by atoms with E-state index in [-0.39, 0.29) is 11.8 Å². The molecule has 0 fully saturated rings. The van der Waals surface area contributed by atoms with E-state index >= 15 is 0 Å². The number of thiophene rings is 2. The fraction of sp³-hybridized carbons (Fsp3) is 0.211. The van der Waals surface area contributed by atoms with Gasteiger partial charge >= 0.3 is 0 Å². The van der Waals surface area contributed by atoms with E-state index < -0.39 is 0 Å². The Kier molecular flexibility index (Phi) is 4.22. The van der Waals surface area contributed by atoms with Gasteiger partial charge in [-0.25, -0.2) is 0 Å². The lowest BCUT2D eigenvalue weighted by Crippen LogP contribution is -3.10. The molecule has 4 heterocycles. The molecule has 0 spiro atoms. The van der Waals surface area contributed by atoms with Gasteiger partial charge in [0, 0.05) is 15.3 Å². The molecule has 6 heteroatoms. The first-order chi connectivity index (χ1) is 12.2. The van der Waals surface area contributed by atoms with Gasteiger partial charge in [0.2, 0.25) is 5.88 Å². The maximum Gasteiger partial charge on any atom is 0.205 e. The Balaban J connectivity index is 1.87. The molecule has 0 aliphatic carbocycles. The van der Waals surface area contributed by atoms with Gasteiger partial charge in [0.25, 0.3) is 0 Å². The van der Waals surface area contributed by atoms with Crippen molar-refractivity contribution in [1.82, 2.24) is 0 Å². The second kappa shape index (κ2) is 6.52. The fourth-order valence-corrected chi connectivity index (χ4v) is 5.03. The Morgan fingerprint density at radius 3 is 2.76 bits per heavy atom. The van der Waals surface area contributed by atoms with Crippen molar-refractivity contribution in [3.63, 3.8) is 0 Å². The van der Waals surface area contributed by atoms with Crippen LogP contribution in [0.4, 0.5) is 0 Å². The molecule has 2 aliphatic heterocycles. The molecule has 2 aliphatic rings. The lowest BCUT2D eigenvalue weighted by Gasteiger charge is -2.34. The minimum Gasteiger partial charge on any atom is -0.440 e. The summed E-state index contributed by atoms with van der Waals surface area (Å²) < 4.78 is 5.97. The summed E-state index contributed by atoms with van der Waals surface area (Å²) in [6.07, 6.45) is 2.18. The van der Waals surface area contributed by atoms with Crippen molar-refractivity contribution in [3.8, 4) is 6.07 Å². The van der Waals surface area contributed by atoms with E-state index in [2.05, 4.69) is 36.7 Å². The van der Waals surface area contributed by atoms with E-state index in [1.165, 1.54) is 9.78 Å². The highest BCUT2D eigenvalue weighted by Crippen LogP contribution is 2.42. The van der Waals surface area contributed by atoms with Crippen LogP contribution in [0, 0.1) is 11.3 Å². The molecule has 2 atom stereocenters. The molecule has 0 radical (unpaired) electrons.